The van der Waals surface area contributed by atoms with E-state index < -0.39 is 32.5 Å². The summed E-state index contributed by atoms with van der Waals surface area (Å²) in [6.45, 7) is 3.40. The first-order valence-electron chi connectivity index (χ1n) is 5.45. The van der Waals surface area contributed by atoms with Gasteiger partial charge in [0.15, 0.2) is 9.84 Å². The Morgan fingerprint density at radius 3 is 2.41 bits per heavy atom. The minimum Gasteiger partial charge on any atom is -0.469 e. The van der Waals surface area contributed by atoms with Gasteiger partial charge in [-0.2, -0.15) is 0 Å². The van der Waals surface area contributed by atoms with Crippen LogP contribution in [-0.2, 0) is 30.2 Å². The summed E-state index contributed by atoms with van der Waals surface area (Å²) in [5.74, 6) is -0.611. The molecule has 7 heteroatoms. The fourth-order valence-electron chi connectivity index (χ4n) is 1.26. The van der Waals surface area contributed by atoms with E-state index >= 15 is 0 Å². The summed E-state index contributed by atoms with van der Waals surface area (Å²) in [5.41, 5.74) is 0. The van der Waals surface area contributed by atoms with Crippen molar-refractivity contribution in [1.82, 2.24) is 0 Å². The standard InChI is InChI=1S/C10H20O5S2/c1-4-6-17(13,14)7-5-16(12)8-9(2)10(11)15-3/h9H,4-8H2,1-3H3. The molecule has 17 heavy (non-hydrogen) atoms. The molecule has 0 N–H and O–H groups in total. The Labute approximate surface area is 105 Å². The molecule has 0 aromatic heterocycles. The predicted octanol–water partition coefficient (Wildman–Crippen LogP) is 0.369. The summed E-state index contributed by atoms with van der Waals surface area (Å²) in [5, 5.41) is 0. The third-order valence-electron chi connectivity index (χ3n) is 2.18. The van der Waals surface area contributed by atoms with Crippen molar-refractivity contribution < 1.29 is 22.2 Å². The quantitative estimate of drug-likeness (QED) is 0.602. The van der Waals surface area contributed by atoms with Gasteiger partial charge in [-0.1, -0.05) is 13.8 Å². The molecule has 0 aliphatic carbocycles. The molecule has 0 aromatic rings. The van der Waals surface area contributed by atoms with Crippen molar-refractivity contribution in [3.05, 3.63) is 0 Å². The zero-order valence-corrected chi connectivity index (χ0v) is 12.1. The molecule has 0 aromatic carbocycles. The molecular formula is C10H20O5S2. The van der Waals surface area contributed by atoms with Gasteiger partial charge in [0.1, 0.15) is 0 Å². The Balaban J connectivity index is 4.08. The summed E-state index contributed by atoms with van der Waals surface area (Å²) >= 11 is 0. The number of rotatable bonds is 8. The molecule has 0 aliphatic heterocycles. The van der Waals surface area contributed by atoms with Gasteiger partial charge in [0.2, 0.25) is 0 Å². The van der Waals surface area contributed by atoms with Crippen LogP contribution in [0.4, 0.5) is 0 Å². The number of hydrogen-bond donors (Lipinski definition) is 0. The zero-order valence-electron chi connectivity index (χ0n) is 10.5. The van der Waals surface area contributed by atoms with Crippen molar-refractivity contribution in [3.8, 4) is 0 Å². The highest BCUT2D eigenvalue weighted by atomic mass is 32.2. The third-order valence-corrected chi connectivity index (χ3v) is 5.82. The minimum absolute atomic E-state index is 0.0820. The molecule has 5 nitrogen and oxygen atoms in total. The van der Waals surface area contributed by atoms with E-state index in [0.29, 0.717) is 6.42 Å². The SMILES string of the molecule is CCCS(=O)(=O)CCS(=O)CC(C)C(=O)OC. The molecule has 0 saturated heterocycles. The van der Waals surface area contributed by atoms with Gasteiger partial charge in [0.25, 0.3) is 0 Å². The summed E-state index contributed by atoms with van der Waals surface area (Å²) in [7, 11) is -3.13. The van der Waals surface area contributed by atoms with Gasteiger partial charge in [0, 0.05) is 28.1 Å². The molecule has 0 radical (unpaired) electrons. The van der Waals surface area contributed by atoms with E-state index in [1.807, 2.05) is 0 Å². The minimum atomic E-state index is -3.10. The van der Waals surface area contributed by atoms with Crippen LogP contribution in [0.15, 0.2) is 0 Å². The largest absolute Gasteiger partial charge is 0.469 e. The number of ether oxygens (including phenoxy) is 1. The second-order valence-corrected chi connectivity index (χ2v) is 7.81. The normalized spacial score (nSPS) is 15.2. The van der Waals surface area contributed by atoms with E-state index in [1.165, 1.54) is 7.11 Å². The molecule has 0 spiro atoms. The average Bonchev–Trinajstić information content (AvgIpc) is 2.25. The van der Waals surface area contributed by atoms with E-state index in [2.05, 4.69) is 4.74 Å². The van der Waals surface area contributed by atoms with Gasteiger partial charge in [-0.3, -0.25) is 9.00 Å². The summed E-state index contributed by atoms with van der Waals surface area (Å²) < 4.78 is 38.8. The topological polar surface area (TPSA) is 77.5 Å². The van der Waals surface area contributed by atoms with E-state index in [-0.39, 0.29) is 23.0 Å². The van der Waals surface area contributed by atoms with E-state index in [0.717, 1.165) is 0 Å². The number of carbonyl (C=O) groups is 1. The van der Waals surface area contributed by atoms with Crippen molar-refractivity contribution >= 4 is 26.6 Å². The number of esters is 1. The highest BCUT2D eigenvalue weighted by Crippen LogP contribution is 2.02. The van der Waals surface area contributed by atoms with Gasteiger partial charge in [-0.15, -0.1) is 0 Å². The van der Waals surface area contributed by atoms with Crippen LogP contribution in [0.25, 0.3) is 0 Å². The molecule has 0 rings (SSSR count). The second-order valence-electron chi connectivity index (χ2n) is 3.89. The molecule has 0 aliphatic rings. The Morgan fingerprint density at radius 1 is 1.35 bits per heavy atom. The van der Waals surface area contributed by atoms with Crippen molar-refractivity contribution in [3.63, 3.8) is 0 Å². The molecule has 0 amide bonds. The lowest BCUT2D eigenvalue weighted by molar-refractivity contribution is -0.144. The van der Waals surface area contributed by atoms with Crippen LogP contribution in [0.1, 0.15) is 20.3 Å². The van der Waals surface area contributed by atoms with Crippen LogP contribution in [0.2, 0.25) is 0 Å². The van der Waals surface area contributed by atoms with Crippen LogP contribution in [0.5, 0.6) is 0 Å². The molecule has 0 heterocycles. The first kappa shape index (κ1) is 16.6. The maximum Gasteiger partial charge on any atom is 0.309 e. The van der Waals surface area contributed by atoms with Crippen LogP contribution < -0.4 is 0 Å². The first-order chi connectivity index (χ1) is 7.82. The first-order valence-corrected chi connectivity index (χ1v) is 8.76. The smallest absolute Gasteiger partial charge is 0.309 e. The van der Waals surface area contributed by atoms with Crippen LogP contribution in [-0.4, -0.2) is 48.7 Å². The predicted molar refractivity (Wildman–Crippen MR) is 68.0 cm³/mol. The summed E-state index contributed by atoms with van der Waals surface area (Å²) in [6, 6.07) is 0. The number of carbonyl (C=O) groups excluding carboxylic acids is 1. The lowest BCUT2D eigenvalue weighted by Gasteiger charge is -2.08. The van der Waals surface area contributed by atoms with Crippen molar-refractivity contribution in [2.45, 2.75) is 20.3 Å². The Bertz CT molecular complexity index is 361. The summed E-state index contributed by atoms with van der Waals surface area (Å²) in [4.78, 5) is 11.1. The number of hydrogen-bond acceptors (Lipinski definition) is 5. The van der Waals surface area contributed by atoms with Gasteiger partial charge < -0.3 is 4.74 Å². The molecule has 0 fully saturated rings. The van der Waals surface area contributed by atoms with Crippen LogP contribution >= 0.6 is 0 Å². The lowest BCUT2D eigenvalue weighted by Crippen LogP contribution is -2.23. The molecule has 0 bridgehead atoms. The second kappa shape index (κ2) is 7.81. The van der Waals surface area contributed by atoms with Crippen molar-refractivity contribution in [2.75, 3.05) is 30.1 Å². The fourth-order valence-corrected chi connectivity index (χ4v) is 4.71. The van der Waals surface area contributed by atoms with Gasteiger partial charge in [0.05, 0.1) is 18.8 Å². The summed E-state index contributed by atoms with van der Waals surface area (Å²) in [6.07, 6.45) is 0.563. The monoisotopic (exact) mass is 284 g/mol. The van der Waals surface area contributed by atoms with E-state index in [4.69, 9.17) is 0 Å². The van der Waals surface area contributed by atoms with Gasteiger partial charge in [-0.05, 0) is 6.42 Å². The van der Waals surface area contributed by atoms with Crippen molar-refractivity contribution in [1.29, 1.82) is 0 Å². The maximum absolute atomic E-state index is 11.6. The van der Waals surface area contributed by atoms with E-state index in [1.54, 1.807) is 13.8 Å². The molecule has 102 valence electrons. The number of methoxy groups -OCH3 is 1. The molecular weight excluding hydrogens is 264 g/mol. The molecule has 2 unspecified atom stereocenters. The maximum atomic E-state index is 11.6. The highest BCUT2D eigenvalue weighted by Gasteiger charge is 2.18. The van der Waals surface area contributed by atoms with E-state index in [9.17, 15) is 17.4 Å². The Kier molecular flexibility index (Phi) is 7.61. The third kappa shape index (κ3) is 7.49. The lowest BCUT2D eigenvalue weighted by atomic mass is 10.2. The fraction of sp³-hybridized carbons (Fsp3) is 0.900. The Morgan fingerprint density at radius 2 is 1.94 bits per heavy atom. The van der Waals surface area contributed by atoms with Gasteiger partial charge >= 0.3 is 5.97 Å². The van der Waals surface area contributed by atoms with Crippen LogP contribution in [0, 0.1) is 5.92 Å². The molecule has 2 atom stereocenters. The van der Waals surface area contributed by atoms with Crippen molar-refractivity contribution in [2.24, 2.45) is 5.92 Å². The average molecular weight is 284 g/mol. The molecule has 0 saturated carbocycles. The Hall–Kier alpha value is -0.430. The number of sulfone groups is 1. The van der Waals surface area contributed by atoms with Gasteiger partial charge in [-0.25, -0.2) is 8.42 Å². The highest BCUT2D eigenvalue weighted by molar-refractivity contribution is 7.93. The van der Waals surface area contributed by atoms with Crippen LogP contribution in [0.3, 0.4) is 0 Å². The zero-order chi connectivity index (χ0) is 13.5.